The van der Waals surface area contributed by atoms with E-state index in [0.29, 0.717) is 11.1 Å². The Kier molecular flexibility index (Phi) is 7.24. The second-order valence-electron chi connectivity index (χ2n) is 11.0. The number of amides is 1. The molecule has 1 amide bonds. The van der Waals surface area contributed by atoms with Gasteiger partial charge in [0.2, 0.25) is 0 Å². The molecule has 1 aliphatic heterocycles. The SMILES string of the molecule is COc1ccc(-n2c([C@H]3CC(=O)CN3C(=O)OC(C)(C)C)nc3c(-c4ccc(C)nc4)cc(C#N)cc3c2=O)cc1F. The Bertz CT molecular complexity index is 1840. The maximum Gasteiger partial charge on any atom is 0.411 e. The smallest absolute Gasteiger partial charge is 0.411 e. The molecule has 0 spiro atoms. The Morgan fingerprint density at radius 2 is 1.90 bits per heavy atom. The van der Waals surface area contributed by atoms with Gasteiger partial charge in [0.05, 0.1) is 41.9 Å². The highest BCUT2D eigenvalue weighted by atomic mass is 19.1. The Hall–Kier alpha value is -5.11. The van der Waals surface area contributed by atoms with Crippen molar-refractivity contribution in [2.75, 3.05) is 13.7 Å². The number of carbonyl (C=O) groups excluding carboxylic acids is 2. The second-order valence-corrected chi connectivity index (χ2v) is 11.0. The number of ketones is 1. The Morgan fingerprint density at radius 3 is 2.52 bits per heavy atom. The molecule has 10 nitrogen and oxygen atoms in total. The number of halogens is 1. The molecule has 0 aliphatic carbocycles. The zero-order chi connectivity index (χ0) is 30.3. The van der Waals surface area contributed by atoms with Gasteiger partial charge in [-0.15, -0.1) is 0 Å². The highest BCUT2D eigenvalue weighted by Gasteiger charge is 2.40. The first-order valence-corrected chi connectivity index (χ1v) is 13.2. The van der Waals surface area contributed by atoms with Gasteiger partial charge >= 0.3 is 6.09 Å². The van der Waals surface area contributed by atoms with Crippen molar-refractivity contribution in [1.29, 1.82) is 5.26 Å². The van der Waals surface area contributed by atoms with Crippen molar-refractivity contribution < 1.29 is 23.5 Å². The number of nitrogens with zero attached hydrogens (tertiary/aromatic N) is 5. The van der Waals surface area contributed by atoms with E-state index in [2.05, 4.69) is 11.1 Å². The number of rotatable bonds is 4. The lowest BCUT2D eigenvalue weighted by Crippen LogP contribution is -2.39. The fourth-order valence-corrected chi connectivity index (χ4v) is 4.92. The van der Waals surface area contributed by atoms with Crippen LogP contribution in [0.3, 0.4) is 0 Å². The molecule has 1 saturated heterocycles. The largest absolute Gasteiger partial charge is 0.494 e. The lowest BCUT2D eigenvalue weighted by Gasteiger charge is -2.29. The third kappa shape index (κ3) is 5.31. The average Bonchev–Trinajstić information content (AvgIpc) is 3.33. The third-order valence-electron chi connectivity index (χ3n) is 6.81. The molecule has 5 rings (SSSR count). The van der Waals surface area contributed by atoms with Crippen LogP contribution in [0.5, 0.6) is 5.75 Å². The summed E-state index contributed by atoms with van der Waals surface area (Å²) in [7, 11) is 1.32. The van der Waals surface area contributed by atoms with Gasteiger partial charge in [-0.25, -0.2) is 14.2 Å². The molecule has 11 heteroatoms. The van der Waals surface area contributed by atoms with Crippen LogP contribution in [0.15, 0.2) is 53.5 Å². The van der Waals surface area contributed by atoms with E-state index in [1.165, 1.54) is 34.8 Å². The minimum Gasteiger partial charge on any atom is -0.494 e. The first kappa shape index (κ1) is 28.4. The number of ether oxygens (including phenoxy) is 2. The molecule has 2 aromatic carbocycles. The van der Waals surface area contributed by atoms with Gasteiger partial charge in [0.1, 0.15) is 17.5 Å². The van der Waals surface area contributed by atoms with Crippen molar-refractivity contribution in [3.05, 3.63) is 81.9 Å². The topological polar surface area (TPSA) is 127 Å². The molecule has 1 fully saturated rings. The zero-order valence-electron chi connectivity index (χ0n) is 23.8. The van der Waals surface area contributed by atoms with Gasteiger partial charge in [0, 0.05) is 35.5 Å². The van der Waals surface area contributed by atoms with Crippen molar-refractivity contribution >= 4 is 22.8 Å². The number of carbonyl (C=O) groups is 2. The molecule has 0 N–H and O–H groups in total. The van der Waals surface area contributed by atoms with Crippen LogP contribution in [-0.4, -0.2) is 50.6 Å². The number of likely N-dealkylation sites (tertiary alicyclic amines) is 1. The summed E-state index contributed by atoms with van der Waals surface area (Å²) in [6.45, 7) is 6.70. The molecule has 3 heterocycles. The van der Waals surface area contributed by atoms with Crippen LogP contribution < -0.4 is 10.3 Å². The van der Waals surface area contributed by atoms with E-state index in [4.69, 9.17) is 14.5 Å². The van der Waals surface area contributed by atoms with Crippen molar-refractivity contribution in [2.24, 2.45) is 0 Å². The Labute approximate surface area is 240 Å². The number of Topliss-reactive ketones (excluding diaryl/α,β-unsaturated/α-hetero) is 1. The zero-order valence-corrected chi connectivity index (χ0v) is 23.8. The van der Waals surface area contributed by atoms with Crippen LogP contribution in [-0.2, 0) is 9.53 Å². The van der Waals surface area contributed by atoms with Gasteiger partial charge in [-0.2, -0.15) is 5.26 Å². The van der Waals surface area contributed by atoms with Gasteiger partial charge < -0.3 is 9.47 Å². The maximum atomic E-state index is 14.9. The summed E-state index contributed by atoms with van der Waals surface area (Å²) in [5.41, 5.74) is 0.957. The number of fused-ring (bicyclic) bond motifs is 1. The lowest BCUT2D eigenvalue weighted by molar-refractivity contribution is -0.117. The summed E-state index contributed by atoms with van der Waals surface area (Å²) in [4.78, 5) is 50.7. The number of aryl methyl sites for hydroxylation is 1. The van der Waals surface area contributed by atoms with Gasteiger partial charge in [-0.3, -0.25) is 24.0 Å². The molecule has 4 aromatic rings. The average molecular weight is 570 g/mol. The van der Waals surface area contributed by atoms with Crippen LogP contribution >= 0.6 is 0 Å². The Balaban J connectivity index is 1.84. The summed E-state index contributed by atoms with van der Waals surface area (Å²) >= 11 is 0. The quantitative estimate of drug-likeness (QED) is 0.335. The van der Waals surface area contributed by atoms with Gasteiger partial charge in [-0.05, 0) is 58.0 Å². The van der Waals surface area contributed by atoms with E-state index in [1.54, 1.807) is 45.2 Å². The van der Waals surface area contributed by atoms with Gasteiger partial charge in [-0.1, -0.05) is 6.07 Å². The fraction of sp³-hybridized carbons (Fsp3) is 0.290. The molecule has 0 radical (unpaired) electrons. The molecule has 0 bridgehead atoms. The predicted molar refractivity (Wildman–Crippen MR) is 152 cm³/mol. The first-order valence-electron chi connectivity index (χ1n) is 13.2. The van der Waals surface area contributed by atoms with Crippen LogP contribution in [0, 0.1) is 24.1 Å². The van der Waals surface area contributed by atoms with Crippen molar-refractivity contribution in [3.8, 4) is 28.6 Å². The minimum atomic E-state index is -0.991. The predicted octanol–water partition coefficient (Wildman–Crippen LogP) is 5.03. The van der Waals surface area contributed by atoms with E-state index >= 15 is 0 Å². The van der Waals surface area contributed by atoms with Crippen molar-refractivity contribution in [1.82, 2.24) is 19.4 Å². The molecule has 1 atom stereocenters. The third-order valence-corrected chi connectivity index (χ3v) is 6.81. The second kappa shape index (κ2) is 10.7. The van der Waals surface area contributed by atoms with E-state index in [0.717, 1.165) is 11.8 Å². The van der Waals surface area contributed by atoms with E-state index < -0.39 is 29.1 Å². The van der Waals surface area contributed by atoms with Crippen LogP contribution in [0.4, 0.5) is 9.18 Å². The number of hydrogen-bond acceptors (Lipinski definition) is 8. The molecule has 1 aliphatic rings. The highest BCUT2D eigenvalue weighted by Crippen LogP contribution is 2.35. The summed E-state index contributed by atoms with van der Waals surface area (Å²) in [6, 6.07) is 11.7. The highest BCUT2D eigenvalue weighted by molar-refractivity contribution is 5.95. The van der Waals surface area contributed by atoms with Crippen molar-refractivity contribution in [2.45, 2.75) is 45.8 Å². The van der Waals surface area contributed by atoms with Crippen molar-refractivity contribution in [3.63, 3.8) is 0 Å². The van der Waals surface area contributed by atoms with E-state index in [-0.39, 0.29) is 52.5 Å². The van der Waals surface area contributed by atoms with Gasteiger partial charge in [0.15, 0.2) is 17.3 Å². The summed E-state index contributed by atoms with van der Waals surface area (Å²) in [6.07, 6.45) is 0.735. The summed E-state index contributed by atoms with van der Waals surface area (Å²) in [5.74, 6) is -0.971. The fourth-order valence-electron chi connectivity index (χ4n) is 4.92. The molecular formula is C31H28FN5O5. The maximum absolute atomic E-state index is 14.9. The van der Waals surface area contributed by atoms with E-state index in [9.17, 15) is 24.0 Å². The molecule has 0 unspecified atom stereocenters. The molecular weight excluding hydrogens is 541 g/mol. The Morgan fingerprint density at radius 1 is 1.14 bits per heavy atom. The minimum absolute atomic E-state index is 0.0329. The number of aromatic nitrogens is 3. The number of nitriles is 1. The lowest BCUT2D eigenvalue weighted by atomic mass is 10.00. The summed E-state index contributed by atoms with van der Waals surface area (Å²) in [5, 5.41) is 9.87. The molecule has 214 valence electrons. The van der Waals surface area contributed by atoms with Crippen LogP contribution in [0.25, 0.3) is 27.7 Å². The number of hydrogen-bond donors (Lipinski definition) is 0. The normalized spacial score (nSPS) is 15.1. The van der Waals surface area contributed by atoms with Crippen LogP contribution in [0.1, 0.15) is 50.3 Å². The molecule has 42 heavy (non-hydrogen) atoms. The summed E-state index contributed by atoms with van der Waals surface area (Å²) < 4.78 is 26.7. The standard InChI is InChI=1S/C31H28FN5O5/c1-17-6-7-19(15-34-17)22-10-18(14-33)11-23-27(22)35-28(25-13-21(38)16-36(25)30(40)42-31(2,3)4)37(29(23)39)20-8-9-26(41-5)24(32)12-20/h6-12,15,25H,13,16H2,1-5H3/t25-/m1/s1. The van der Waals surface area contributed by atoms with E-state index in [1.807, 2.05) is 6.92 Å². The molecule has 2 aromatic heterocycles. The number of benzene rings is 2. The van der Waals surface area contributed by atoms with Crippen LogP contribution in [0.2, 0.25) is 0 Å². The first-order chi connectivity index (χ1) is 19.9. The number of pyridine rings is 1. The molecule has 0 saturated carbocycles. The number of methoxy groups -OCH3 is 1. The van der Waals surface area contributed by atoms with Gasteiger partial charge in [0.25, 0.3) is 5.56 Å². The monoisotopic (exact) mass is 569 g/mol.